The Morgan fingerprint density at radius 3 is 2.16 bits per heavy atom. The minimum Gasteiger partial charge on any atom is -0.497 e. The molecule has 232 valence electrons. The summed E-state index contributed by atoms with van der Waals surface area (Å²) in [7, 11) is -2.64. The van der Waals surface area contributed by atoms with Gasteiger partial charge in [0.2, 0.25) is 11.8 Å². The van der Waals surface area contributed by atoms with E-state index >= 15 is 0 Å². The first-order valence-corrected chi connectivity index (χ1v) is 16.0. The van der Waals surface area contributed by atoms with Gasteiger partial charge < -0.3 is 19.7 Å². The molecule has 0 aliphatic heterocycles. The van der Waals surface area contributed by atoms with Crippen molar-refractivity contribution in [2.45, 2.75) is 58.5 Å². The van der Waals surface area contributed by atoms with Gasteiger partial charge in [0.25, 0.3) is 10.0 Å². The topological polar surface area (TPSA) is 105 Å². The van der Waals surface area contributed by atoms with Gasteiger partial charge in [0.15, 0.2) is 0 Å². The van der Waals surface area contributed by atoms with Gasteiger partial charge in [-0.2, -0.15) is 0 Å². The number of aryl methyl sites for hydroxylation is 1. The molecular formula is C33H43N3O6S. The number of sulfonamides is 1. The Labute approximate surface area is 255 Å². The van der Waals surface area contributed by atoms with E-state index in [0.717, 1.165) is 15.4 Å². The van der Waals surface area contributed by atoms with Crippen molar-refractivity contribution in [3.8, 4) is 11.5 Å². The van der Waals surface area contributed by atoms with E-state index in [-0.39, 0.29) is 29.0 Å². The van der Waals surface area contributed by atoms with E-state index in [4.69, 9.17) is 9.47 Å². The molecular weight excluding hydrogens is 566 g/mol. The molecule has 3 rings (SSSR count). The quantitative estimate of drug-likeness (QED) is 0.255. The molecule has 0 aromatic heterocycles. The van der Waals surface area contributed by atoms with Crippen molar-refractivity contribution in [3.63, 3.8) is 0 Å². The number of para-hydroxylation sites is 2. The van der Waals surface area contributed by atoms with Gasteiger partial charge in [0.05, 0.1) is 24.3 Å². The van der Waals surface area contributed by atoms with Crippen molar-refractivity contribution < 1.29 is 27.5 Å². The summed E-state index contributed by atoms with van der Waals surface area (Å²) in [4.78, 5) is 29.2. The molecule has 0 aliphatic rings. The molecule has 0 fully saturated rings. The summed E-state index contributed by atoms with van der Waals surface area (Å²) < 4.78 is 40.4. The summed E-state index contributed by atoms with van der Waals surface area (Å²) in [5.74, 6) is 0.394. The van der Waals surface area contributed by atoms with E-state index in [2.05, 4.69) is 5.32 Å². The van der Waals surface area contributed by atoms with Gasteiger partial charge in [-0.1, -0.05) is 62.7 Å². The highest BCUT2D eigenvalue weighted by Crippen LogP contribution is 2.33. The lowest BCUT2D eigenvalue weighted by molar-refractivity contribution is -0.140. The SMILES string of the molecule is CCOc1ccccc1N(CC(=O)N(Cc1ccc(OC)cc1)[C@H](CC)C(=O)NCC(C)C)S(=O)(=O)c1ccc(C)cc1. The Hall–Kier alpha value is -4.05. The fourth-order valence-corrected chi connectivity index (χ4v) is 5.99. The predicted molar refractivity (Wildman–Crippen MR) is 169 cm³/mol. The number of anilines is 1. The van der Waals surface area contributed by atoms with Crippen LogP contribution in [0.15, 0.2) is 77.7 Å². The molecule has 2 amide bonds. The zero-order valence-electron chi connectivity index (χ0n) is 25.9. The van der Waals surface area contributed by atoms with E-state index in [1.165, 1.54) is 17.0 Å². The summed E-state index contributed by atoms with van der Waals surface area (Å²) in [5, 5.41) is 2.94. The molecule has 0 bridgehead atoms. The Morgan fingerprint density at radius 2 is 1.58 bits per heavy atom. The van der Waals surface area contributed by atoms with Gasteiger partial charge in [-0.25, -0.2) is 8.42 Å². The molecule has 0 saturated heterocycles. The number of nitrogens with zero attached hydrogens (tertiary/aromatic N) is 2. The Bertz CT molecular complexity index is 1460. The molecule has 3 aromatic carbocycles. The molecule has 43 heavy (non-hydrogen) atoms. The van der Waals surface area contributed by atoms with Crippen LogP contribution >= 0.6 is 0 Å². The van der Waals surface area contributed by atoms with E-state index in [9.17, 15) is 18.0 Å². The zero-order chi connectivity index (χ0) is 31.6. The summed E-state index contributed by atoms with van der Waals surface area (Å²) in [5.41, 5.74) is 1.91. The van der Waals surface area contributed by atoms with Crippen molar-refractivity contribution in [2.24, 2.45) is 5.92 Å². The molecule has 0 radical (unpaired) electrons. The normalized spacial score (nSPS) is 12.0. The van der Waals surface area contributed by atoms with Crippen LogP contribution < -0.4 is 19.1 Å². The number of amides is 2. The van der Waals surface area contributed by atoms with Crippen molar-refractivity contribution in [1.29, 1.82) is 0 Å². The van der Waals surface area contributed by atoms with Crippen molar-refractivity contribution >= 4 is 27.5 Å². The van der Waals surface area contributed by atoms with E-state index in [1.807, 2.05) is 39.8 Å². The second-order valence-corrected chi connectivity index (χ2v) is 12.5. The zero-order valence-corrected chi connectivity index (χ0v) is 26.7. The van der Waals surface area contributed by atoms with Crippen molar-refractivity contribution in [2.75, 3.05) is 31.1 Å². The predicted octanol–water partition coefficient (Wildman–Crippen LogP) is 5.18. The number of hydrogen-bond donors (Lipinski definition) is 1. The van der Waals surface area contributed by atoms with Gasteiger partial charge in [-0.05, 0) is 68.1 Å². The molecule has 0 spiro atoms. The second kappa shape index (κ2) is 15.4. The number of ether oxygens (including phenoxy) is 2. The van der Waals surface area contributed by atoms with Gasteiger partial charge in [0, 0.05) is 13.1 Å². The first-order valence-electron chi connectivity index (χ1n) is 14.5. The number of rotatable bonds is 15. The highest BCUT2D eigenvalue weighted by molar-refractivity contribution is 7.92. The van der Waals surface area contributed by atoms with Crippen LogP contribution in [-0.4, -0.2) is 58.0 Å². The lowest BCUT2D eigenvalue weighted by Gasteiger charge is -2.33. The maximum atomic E-state index is 14.3. The van der Waals surface area contributed by atoms with Gasteiger partial charge in [0.1, 0.15) is 24.1 Å². The van der Waals surface area contributed by atoms with Gasteiger partial charge in [-0.15, -0.1) is 0 Å². The van der Waals surface area contributed by atoms with Crippen LogP contribution in [0.5, 0.6) is 11.5 Å². The summed E-state index contributed by atoms with van der Waals surface area (Å²) in [6.45, 7) is 9.81. The van der Waals surface area contributed by atoms with Gasteiger partial charge >= 0.3 is 0 Å². The molecule has 9 nitrogen and oxygen atoms in total. The standard InChI is InChI=1S/C33H43N3O6S/c1-7-29(33(38)34-21-24(3)4)35(22-26-15-17-27(41-6)18-16-26)32(37)23-36(30-11-9-10-12-31(30)42-8-2)43(39,40)28-19-13-25(5)14-20-28/h9-20,24,29H,7-8,21-23H2,1-6H3,(H,34,38)/t29-/m1/s1. The molecule has 10 heteroatoms. The number of carbonyl (C=O) groups is 2. The summed E-state index contributed by atoms with van der Waals surface area (Å²) >= 11 is 0. The molecule has 0 aliphatic carbocycles. The number of hydrogen-bond acceptors (Lipinski definition) is 6. The first-order chi connectivity index (χ1) is 20.5. The molecule has 1 atom stereocenters. The number of methoxy groups -OCH3 is 1. The number of nitrogens with one attached hydrogen (secondary N) is 1. The average molecular weight is 610 g/mol. The molecule has 1 N–H and O–H groups in total. The fraction of sp³-hybridized carbons (Fsp3) is 0.394. The lowest BCUT2D eigenvalue weighted by atomic mass is 10.1. The van der Waals surface area contributed by atoms with Crippen molar-refractivity contribution in [1.82, 2.24) is 10.2 Å². The Morgan fingerprint density at radius 1 is 0.930 bits per heavy atom. The molecule has 0 unspecified atom stereocenters. The third-order valence-corrected chi connectivity index (χ3v) is 8.68. The summed E-state index contributed by atoms with van der Waals surface area (Å²) in [6, 6.07) is 19.6. The molecule has 0 saturated carbocycles. The van der Waals surface area contributed by atoms with Crippen LogP contribution in [0.3, 0.4) is 0 Å². The fourth-order valence-electron chi connectivity index (χ4n) is 4.56. The van der Waals surface area contributed by atoms with Crippen LogP contribution in [0.1, 0.15) is 45.2 Å². The van der Waals surface area contributed by atoms with E-state index in [1.54, 1.807) is 62.6 Å². The largest absolute Gasteiger partial charge is 0.497 e. The minimum atomic E-state index is -4.21. The molecule has 3 aromatic rings. The highest BCUT2D eigenvalue weighted by atomic mass is 32.2. The number of carbonyl (C=O) groups excluding carboxylic acids is 2. The Balaban J connectivity index is 2.09. The minimum absolute atomic E-state index is 0.0422. The highest BCUT2D eigenvalue weighted by Gasteiger charge is 2.34. The van der Waals surface area contributed by atoms with Crippen LogP contribution in [0.2, 0.25) is 0 Å². The van der Waals surface area contributed by atoms with Crippen LogP contribution in [0.25, 0.3) is 0 Å². The van der Waals surface area contributed by atoms with Gasteiger partial charge in [-0.3, -0.25) is 13.9 Å². The second-order valence-electron chi connectivity index (χ2n) is 10.7. The smallest absolute Gasteiger partial charge is 0.264 e. The third kappa shape index (κ3) is 8.73. The van der Waals surface area contributed by atoms with E-state index in [0.29, 0.717) is 31.1 Å². The van der Waals surface area contributed by atoms with Crippen LogP contribution in [0, 0.1) is 12.8 Å². The third-order valence-electron chi connectivity index (χ3n) is 6.90. The maximum absolute atomic E-state index is 14.3. The average Bonchev–Trinajstić information content (AvgIpc) is 2.99. The maximum Gasteiger partial charge on any atom is 0.264 e. The molecule has 0 heterocycles. The first kappa shape index (κ1) is 33.5. The number of benzene rings is 3. The van der Waals surface area contributed by atoms with Crippen LogP contribution in [0.4, 0.5) is 5.69 Å². The van der Waals surface area contributed by atoms with Crippen molar-refractivity contribution in [3.05, 3.63) is 83.9 Å². The Kier molecular flexibility index (Phi) is 12.0. The monoisotopic (exact) mass is 609 g/mol. The van der Waals surface area contributed by atoms with E-state index < -0.39 is 28.5 Å². The van der Waals surface area contributed by atoms with Crippen LogP contribution in [-0.2, 0) is 26.2 Å². The summed E-state index contributed by atoms with van der Waals surface area (Å²) in [6.07, 6.45) is 0.339. The lowest BCUT2D eigenvalue weighted by Crippen LogP contribution is -2.52.